The molecule has 0 amide bonds. The zero-order valence-electron chi connectivity index (χ0n) is 22.9. The zero-order valence-corrected chi connectivity index (χ0v) is 28.7. The van der Waals surface area contributed by atoms with E-state index >= 15 is 0 Å². The summed E-state index contributed by atoms with van der Waals surface area (Å²) >= 11 is 7.05. The molecule has 4 aromatic rings. The molecular formula is C21H15ClCuN6O15S5. The van der Waals surface area contributed by atoms with Crippen molar-refractivity contribution in [2.75, 3.05) is 5.32 Å². The summed E-state index contributed by atoms with van der Waals surface area (Å²) in [5.74, 6) is -1.42. The number of nitrogens with zero attached hydrogens (tertiary/aromatic N) is 5. The van der Waals surface area contributed by atoms with Gasteiger partial charge in [0.25, 0.3) is 10.1 Å². The number of benzene rings is 3. The van der Waals surface area contributed by atoms with E-state index in [2.05, 4.69) is 54.3 Å². The number of thioether (sulfide) groups is 1. The zero-order chi connectivity index (χ0) is 34.4. The fourth-order valence-electron chi connectivity index (χ4n) is 3.38. The summed E-state index contributed by atoms with van der Waals surface area (Å²) in [6, 6.07) is 7.01. The van der Waals surface area contributed by atoms with E-state index in [0.29, 0.717) is 16.9 Å². The molecule has 0 unspecified atom stereocenters. The van der Waals surface area contributed by atoms with E-state index in [1.807, 2.05) is 6.11 Å². The summed E-state index contributed by atoms with van der Waals surface area (Å²) in [5.41, 5.74) is -0.716. The number of aromatic hydroxyl groups is 2. The topological polar surface area (TPSA) is 334 Å². The number of hydrogen-bond acceptors (Lipinski definition) is 21. The molecule has 21 nitrogen and oxygen atoms in total. The van der Waals surface area contributed by atoms with Crippen molar-refractivity contribution in [2.45, 2.75) is 19.8 Å². The molecule has 0 atom stereocenters. The Labute approximate surface area is 302 Å². The molecule has 267 valence electrons. The van der Waals surface area contributed by atoms with Crippen molar-refractivity contribution in [1.29, 1.82) is 0 Å². The van der Waals surface area contributed by atoms with Crippen LogP contribution in [0.4, 0.5) is 23.0 Å². The van der Waals surface area contributed by atoms with Gasteiger partial charge in [-0.15, -0.1) is 14.6 Å². The number of anilines is 2. The molecule has 0 saturated carbocycles. The van der Waals surface area contributed by atoms with E-state index in [1.54, 1.807) is 0 Å². The summed E-state index contributed by atoms with van der Waals surface area (Å²) in [6.07, 6.45) is 1.83. The van der Waals surface area contributed by atoms with E-state index < -0.39 is 36.9 Å². The first-order valence-corrected chi connectivity index (χ1v) is 16.9. The SMILES string of the molecule is O.O=S(=O)(O)OOC#CSc1ccc(N=Nc2c(SOOO)cc3cc(S(=O)(=O)O)cc(Nc4nc(Cl)nc(SO)n4)c3c2O)c(O)c1.[Cu]. The summed E-state index contributed by atoms with van der Waals surface area (Å²) in [6.45, 7) is 0. The summed E-state index contributed by atoms with van der Waals surface area (Å²) in [4.78, 5) is 14.9. The molecule has 0 fully saturated rings. The van der Waals surface area contributed by atoms with Crippen molar-refractivity contribution >= 4 is 102 Å². The largest absolute Gasteiger partial charge is 0.506 e. The maximum absolute atomic E-state index is 12.1. The first kappa shape index (κ1) is 41.9. The summed E-state index contributed by atoms with van der Waals surface area (Å²) in [7, 11) is -9.69. The number of fused-ring (bicyclic) bond motifs is 1. The maximum atomic E-state index is 12.1. The van der Waals surface area contributed by atoms with Crippen molar-refractivity contribution in [3.63, 3.8) is 0 Å². The standard InChI is InChI=1S/C21H13ClN6O14S5.Cu.H2O/c22-19-24-20(26-21(25-19)44-32)23-13-8-11(46(33,34)35)5-9-6-15(45-41-40-31)17(18(30)16(9)13)28-27-12-2-1-10(7-14(12)29)43-4-3-39-42-47(36,37)38;;/h1-2,5-8,29-32H,(H,33,34,35)(H,36,37,38)(H,23,24,25,26);;1H2. The van der Waals surface area contributed by atoms with Gasteiger partial charge in [0.15, 0.2) is 11.9 Å². The fraction of sp³-hybridized carbons (Fsp3) is 0. The number of rotatable bonds is 12. The Morgan fingerprint density at radius 1 is 1.00 bits per heavy atom. The van der Waals surface area contributed by atoms with Crippen LogP contribution in [0.5, 0.6) is 11.5 Å². The Kier molecular flexibility index (Phi) is 15.5. The molecule has 0 aliphatic rings. The number of nitrogens with one attached hydrogen (secondary N) is 1. The quantitative estimate of drug-likeness (QED) is 0.0151. The van der Waals surface area contributed by atoms with Gasteiger partial charge in [-0.3, -0.25) is 14.0 Å². The smallest absolute Gasteiger partial charge is 0.433 e. The van der Waals surface area contributed by atoms with Crippen LogP contribution in [0.3, 0.4) is 0 Å². The van der Waals surface area contributed by atoms with Crippen molar-refractivity contribution in [2.24, 2.45) is 10.2 Å². The Balaban J connectivity index is 0.00000417. The van der Waals surface area contributed by atoms with Gasteiger partial charge in [0, 0.05) is 32.6 Å². The van der Waals surface area contributed by atoms with E-state index in [0.717, 1.165) is 23.9 Å². The molecule has 9 N–H and O–H groups in total. The molecule has 0 saturated heterocycles. The molecular weight excluding hydrogens is 836 g/mol. The summed E-state index contributed by atoms with van der Waals surface area (Å²) < 4.78 is 80.5. The second kappa shape index (κ2) is 18.1. The fourth-order valence-corrected chi connectivity index (χ4v) is 5.50. The number of hydrogen-bond donors (Lipinski definition) is 7. The molecule has 1 heterocycles. The number of halogens is 1. The van der Waals surface area contributed by atoms with Crippen molar-refractivity contribution in [3.8, 4) is 22.9 Å². The van der Waals surface area contributed by atoms with Gasteiger partial charge in [-0.1, -0.05) is 5.04 Å². The van der Waals surface area contributed by atoms with Crippen LogP contribution in [0.25, 0.3) is 10.8 Å². The van der Waals surface area contributed by atoms with Crippen LogP contribution in [0.15, 0.2) is 66.5 Å². The Morgan fingerprint density at radius 2 is 1.73 bits per heavy atom. The van der Waals surface area contributed by atoms with E-state index in [-0.39, 0.29) is 83.7 Å². The molecule has 0 aliphatic heterocycles. The van der Waals surface area contributed by atoms with Gasteiger partial charge < -0.3 is 25.6 Å². The molecule has 1 radical (unpaired) electrons. The van der Waals surface area contributed by atoms with Gasteiger partial charge in [0.05, 0.1) is 39.6 Å². The van der Waals surface area contributed by atoms with Crippen LogP contribution in [0, 0.1) is 11.4 Å². The molecule has 49 heavy (non-hydrogen) atoms. The third kappa shape index (κ3) is 11.6. The van der Waals surface area contributed by atoms with E-state index in [9.17, 15) is 36.2 Å². The van der Waals surface area contributed by atoms with Gasteiger partial charge in [-0.25, -0.2) is 5.26 Å². The van der Waals surface area contributed by atoms with Crippen molar-refractivity contribution in [1.82, 2.24) is 15.0 Å². The normalized spacial score (nSPS) is 11.4. The average Bonchev–Trinajstić information content (AvgIpc) is 2.98. The molecule has 0 spiro atoms. The molecule has 0 aliphatic carbocycles. The van der Waals surface area contributed by atoms with Crippen molar-refractivity contribution < 1.29 is 87.1 Å². The third-order valence-electron chi connectivity index (χ3n) is 5.07. The Bertz CT molecular complexity index is 2160. The van der Waals surface area contributed by atoms with E-state index in [4.69, 9.17) is 21.4 Å². The first-order chi connectivity index (χ1) is 22.2. The van der Waals surface area contributed by atoms with Gasteiger partial charge in [-0.2, -0.15) is 31.8 Å². The maximum Gasteiger partial charge on any atom is 0.433 e. The molecule has 0 bridgehead atoms. The minimum atomic E-state index is -4.87. The first-order valence-electron chi connectivity index (χ1n) is 11.4. The van der Waals surface area contributed by atoms with Crippen LogP contribution in [0.2, 0.25) is 5.28 Å². The minimum absolute atomic E-state index is 0. The average molecular weight is 851 g/mol. The van der Waals surface area contributed by atoms with Gasteiger partial charge >= 0.3 is 10.4 Å². The summed E-state index contributed by atoms with van der Waals surface area (Å²) in [5, 5.41) is 46.1. The molecule has 4 rings (SSSR count). The van der Waals surface area contributed by atoms with Crippen molar-refractivity contribution in [3.05, 3.63) is 41.7 Å². The molecule has 1 aromatic heterocycles. The van der Waals surface area contributed by atoms with Crippen LogP contribution >= 0.6 is 47.4 Å². The third-order valence-corrected chi connectivity index (χ3v) is 7.95. The number of aromatic nitrogens is 3. The predicted octanol–water partition coefficient (Wildman–Crippen LogP) is 4.42. The monoisotopic (exact) mass is 849 g/mol. The van der Waals surface area contributed by atoms with Crippen LogP contribution in [-0.2, 0) is 56.2 Å². The minimum Gasteiger partial charge on any atom is -0.506 e. The van der Waals surface area contributed by atoms with Crippen LogP contribution in [-0.4, -0.2) is 66.4 Å². The molecule has 3 aromatic carbocycles. The second-order valence-electron chi connectivity index (χ2n) is 8.00. The second-order valence-corrected chi connectivity index (χ2v) is 12.9. The van der Waals surface area contributed by atoms with Crippen LogP contribution in [0.1, 0.15) is 0 Å². The van der Waals surface area contributed by atoms with Crippen LogP contribution < -0.4 is 5.32 Å². The van der Waals surface area contributed by atoms with Gasteiger partial charge in [0.1, 0.15) is 17.1 Å². The number of azo groups is 1. The predicted molar refractivity (Wildman–Crippen MR) is 166 cm³/mol. The number of phenols is 2. The van der Waals surface area contributed by atoms with Gasteiger partial charge in [-0.05, 0) is 69.5 Å². The van der Waals surface area contributed by atoms with E-state index in [1.165, 1.54) is 24.3 Å². The number of phenolic OH excluding ortho intramolecular Hbond substituents is 2. The van der Waals surface area contributed by atoms with Gasteiger partial charge in [0.2, 0.25) is 16.4 Å². The Hall–Kier alpha value is -3.27. The molecule has 28 heteroatoms. The Morgan fingerprint density at radius 3 is 2.37 bits per heavy atom.